The Balaban J connectivity index is 0.000000157. The van der Waals surface area contributed by atoms with Crippen molar-refractivity contribution in [1.82, 2.24) is 29.9 Å². The summed E-state index contributed by atoms with van der Waals surface area (Å²) >= 11 is 2.14. The highest BCUT2D eigenvalue weighted by atomic mass is 127. The molecule has 6 heterocycles. The molecule has 0 spiro atoms. The molecular formula is C42H46BIN12O5Si. The van der Waals surface area contributed by atoms with Gasteiger partial charge in [0, 0.05) is 11.1 Å². The number of nitrogens with zero attached hydrogens (tertiary/aromatic N) is 9. The summed E-state index contributed by atoms with van der Waals surface area (Å²) in [4.78, 5) is 37.6. The van der Waals surface area contributed by atoms with Crippen molar-refractivity contribution in [3.05, 3.63) is 142 Å². The lowest BCUT2D eigenvalue weighted by atomic mass is 9.80. The van der Waals surface area contributed by atoms with Gasteiger partial charge < -0.3 is 41.9 Å². The topological polar surface area (TPSA) is 290 Å². The second-order valence-corrected chi connectivity index (χ2v) is 17.8. The Morgan fingerprint density at radius 1 is 0.581 bits per heavy atom. The number of aromatic nitrogens is 6. The molecule has 3 aliphatic heterocycles. The Morgan fingerprint density at radius 3 is 1.32 bits per heavy atom. The molecule has 0 atom stereocenters. The molecule has 9 rings (SSSR count). The van der Waals surface area contributed by atoms with E-state index in [4.69, 9.17) is 32.4 Å². The van der Waals surface area contributed by atoms with Gasteiger partial charge in [-0.15, -0.1) is 0 Å². The zero-order valence-electron chi connectivity index (χ0n) is 34.7. The third-order valence-electron chi connectivity index (χ3n) is 9.04. The Kier molecular flexibility index (Phi) is 15.8. The number of hydrogen-bond acceptors (Lipinski definition) is 17. The Labute approximate surface area is 374 Å². The van der Waals surface area contributed by atoms with E-state index >= 15 is 0 Å². The Hall–Kier alpha value is -6.36. The van der Waals surface area contributed by atoms with Crippen LogP contribution < -0.4 is 22.7 Å². The van der Waals surface area contributed by atoms with Gasteiger partial charge in [0.2, 0.25) is 0 Å². The highest BCUT2D eigenvalue weighted by Crippen LogP contribution is 2.28. The van der Waals surface area contributed by atoms with Crippen molar-refractivity contribution >= 4 is 76.5 Å². The molecule has 20 heteroatoms. The van der Waals surface area contributed by atoms with Crippen LogP contribution in [0, 0.1) is 0 Å². The first-order valence-corrected chi connectivity index (χ1v) is 22.5. The van der Waals surface area contributed by atoms with Gasteiger partial charge in [0.25, 0.3) is 8.68 Å². The normalized spacial score (nSPS) is 12.7. The van der Waals surface area contributed by atoms with Gasteiger partial charge in [0.1, 0.15) is 51.7 Å². The molecule has 0 aliphatic carbocycles. The molecule has 318 valence electrons. The van der Waals surface area contributed by atoms with Gasteiger partial charge in [0.05, 0.1) is 64.8 Å². The number of nitrogen functional groups attached to an aromatic ring is 3. The number of aromatic hydroxyl groups is 2. The van der Waals surface area contributed by atoms with E-state index in [2.05, 4.69) is 113 Å². The number of phenols is 2. The standard InChI is InChI=1S/C16H18N4.C12H10N4O.C6H7BO3.C6H5IN4.C2H6OSi/c1-16(2,3)11-6-4-10(5-7-11)14-13-12(8-18-14)19-9-20-15(13)17;13-12-10-9(15-6-16-12)5-14-11(10)7-1-3-8(17)4-2-7;8-6-3-1-5(2-4-6)7(9)10;7-5-4-3(1-9-5)10-2-11-6(4)8;1-4(2)3/h4-7,9H,8H2,1-3H3,(H2,17,19,20);1-4,6,17H,5H2,(H2,13,15,16);1-4,8-10H;2H,1H2,(H2,8,10,11);1-2H3. The number of fused-ring (bicyclic) bond motifs is 3. The van der Waals surface area contributed by atoms with Crippen LogP contribution in [0.2, 0.25) is 13.1 Å². The molecule has 0 radical (unpaired) electrons. The monoisotopic (exact) mass is 964 g/mol. The first-order chi connectivity index (χ1) is 29.4. The summed E-state index contributed by atoms with van der Waals surface area (Å²) < 4.78 is 10.5. The van der Waals surface area contributed by atoms with Crippen molar-refractivity contribution in [1.29, 1.82) is 0 Å². The number of rotatable bonds is 3. The van der Waals surface area contributed by atoms with Crippen molar-refractivity contribution in [3.8, 4) is 11.5 Å². The second-order valence-electron chi connectivity index (χ2n) is 14.9. The maximum Gasteiger partial charge on any atom is 0.488 e. The zero-order valence-corrected chi connectivity index (χ0v) is 37.8. The van der Waals surface area contributed by atoms with E-state index < -0.39 is 15.8 Å². The van der Waals surface area contributed by atoms with Crippen LogP contribution in [0.5, 0.6) is 11.5 Å². The largest absolute Gasteiger partial charge is 0.508 e. The molecule has 0 saturated heterocycles. The lowest BCUT2D eigenvalue weighted by Gasteiger charge is -2.19. The molecule has 10 N–H and O–H groups in total. The molecule has 0 fully saturated rings. The van der Waals surface area contributed by atoms with Gasteiger partial charge >= 0.3 is 7.12 Å². The van der Waals surface area contributed by atoms with E-state index in [9.17, 15) is 9.57 Å². The van der Waals surface area contributed by atoms with Crippen molar-refractivity contribution in [3.63, 3.8) is 0 Å². The molecule has 0 unspecified atom stereocenters. The lowest BCUT2D eigenvalue weighted by molar-refractivity contribution is 0.425. The highest BCUT2D eigenvalue weighted by Gasteiger charge is 2.24. The molecule has 3 aliphatic rings. The summed E-state index contributed by atoms with van der Waals surface area (Å²) in [6.07, 6.45) is 4.41. The van der Waals surface area contributed by atoms with E-state index in [1.807, 2.05) is 0 Å². The number of hydrogen-bond donors (Lipinski definition) is 7. The summed E-state index contributed by atoms with van der Waals surface area (Å²) in [6.45, 7) is 11.8. The average Bonchev–Trinajstić information content (AvgIpc) is 3.97. The number of halogens is 1. The summed E-state index contributed by atoms with van der Waals surface area (Å²) in [7, 11) is -2.59. The van der Waals surface area contributed by atoms with E-state index in [-0.39, 0.29) is 16.9 Å². The average molecular weight is 965 g/mol. The minimum absolute atomic E-state index is 0.115. The number of aliphatic imine (C=N–C) groups is 3. The fourth-order valence-corrected chi connectivity index (χ4v) is 6.73. The van der Waals surface area contributed by atoms with Crippen LogP contribution >= 0.6 is 22.6 Å². The minimum atomic E-state index is -1.46. The van der Waals surface area contributed by atoms with Crippen LogP contribution in [0.3, 0.4) is 0 Å². The van der Waals surface area contributed by atoms with Crippen LogP contribution in [0.1, 0.15) is 71.2 Å². The van der Waals surface area contributed by atoms with Crippen LogP contribution in [0.4, 0.5) is 17.5 Å². The quantitative estimate of drug-likeness (QED) is 0.0961. The van der Waals surface area contributed by atoms with Crippen molar-refractivity contribution < 1.29 is 24.7 Å². The number of nitrogens with two attached hydrogens (primary N) is 3. The van der Waals surface area contributed by atoms with E-state index in [1.54, 1.807) is 37.4 Å². The van der Waals surface area contributed by atoms with Gasteiger partial charge in [-0.2, -0.15) is 0 Å². The predicted octanol–water partition coefficient (Wildman–Crippen LogP) is 4.32. The predicted molar refractivity (Wildman–Crippen MR) is 252 cm³/mol. The number of anilines is 3. The third kappa shape index (κ3) is 12.1. The lowest BCUT2D eigenvalue weighted by Crippen LogP contribution is -2.29. The van der Waals surface area contributed by atoms with E-state index in [1.165, 1.54) is 48.8 Å². The fraction of sp³-hybridized carbons (Fsp3) is 0.214. The summed E-state index contributed by atoms with van der Waals surface area (Å²) in [5.74, 6) is 1.82. The van der Waals surface area contributed by atoms with Crippen molar-refractivity contribution in [2.24, 2.45) is 15.0 Å². The van der Waals surface area contributed by atoms with Gasteiger partial charge in [-0.1, -0.05) is 57.2 Å². The molecule has 0 saturated carbocycles. The first kappa shape index (κ1) is 46.7. The van der Waals surface area contributed by atoms with E-state index in [0.29, 0.717) is 42.6 Å². The first-order valence-electron chi connectivity index (χ1n) is 19.0. The SMILES string of the molecule is CC(C)(C)c1ccc(C2=NCc3ncnc(N)c32)cc1.C[Si](C)=O.Nc1ncnc2c1C(I)=NC2.Nc1ncnc2c1C(c1ccc(O)cc1)=NC2.OB(O)c1ccc(O)cc1. The molecule has 17 nitrogen and oxygen atoms in total. The molecule has 0 amide bonds. The molecular weight excluding hydrogens is 918 g/mol. The van der Waals surface area contributed by atoms with Crippen LogP contribution in [0.25, 0.3) is 0 Å². The van der Waals surface area contributed by atoms with Gasteiger partial charge in [-0.25, -0.2) is 29.9 Å². The summed E-state index contributed by atoms with van der Waals surface area (Å²) in [5.41, 5.74) is 28.2. The third-order valence-corrected chi connectivity index (χ3v) is 9.92. The minimum Gasteiger partial charge on any atom is -0.508 e. The van der Waals surface area contributed by atoms with Crippen LogP contribution in [-0.4, -0.2) is 81.1 Å². The maximum absolute atomic E-state index is 9.63. The molecule has 6 aromatic rings. The van der Waals surface area contributed by atoms with Crippen molar-refractivity contribution in [2.75, 3.05) is 17.2 Å². The van der Waals surface area contributed by atoms with Gasteiger partial charge in [-0.05, 0) is 88.5 Å². The van der Waals surface area contributed by atoms with Gasteiger partial charge in [-0.3, -0.25) is 15.0 Å². The van der Waals surface area contributed by atoms with E-state index in [0.717, 1.165) is 60.0 Å². The second kappa shape index (κ2) is 20.9. The highest BCUT2D eigenvalue weighted by molar-refractivity contribution is 14.1. The van der Waals surface area contributed by atoms with Crippen LogP contribution in [-0.2, 0) is 29.5 Å². The fourth-order valence-electron chi connectivity index (χ4n) is 5.97. The number of benzene rings is 3. The van der Waals surface area contributed by atoms with Gasteiger partial charge in [0.15, 0.2) is 0 Å². The molecule has 62 heavy (non-hydrogen) atoms. The van der Waals surface area contributed by atoms with Crippen molar-refractivity contribution in [2.45, 2.75) is 58.9 Å². The molecule has 3 aromatic carbocycles. The number of phenolic OH excluding ortho intramolecular Hbond substituents is 2. The Bertz CT molecular complexity index is 2620. The summed E-state index contributed by atoms with van der Waals surface area (Å²) in [5, 5.41) is 35.2. The van der Waals surface area contributed by atoms with Crippen LogP contribution in [0.15, 0.2) is 107 Å². The molecule has 3 aromatic heterocycles. The zero-order chi connectivity index (χ0) is 45.1. The molecule has 0 bridgehead atoms. The Morgan fingerprint density at radius 2 is 0.935 bits per heavy atom. The maximum atomic E-state index is 9.63. The smallest absolute Gasteiger partial charge is 0.488 e. The summed E-state index contributed by atoms with van der Waals surface area (Å²) in [6, 6.07) is 21.0.